The van der Waals surface area contributed by atoms with Crippen molar-refractivity contribution >= 4 is 0 Å². The normalized spacial score (nSPS) is 12.6. The lowest BCUT2D eigenvalue weighted by Gasteiger charge is -2.15. The highest BCUT2D eigenvalue weighted by Crippen LogP contribution is 2.20. The molecule has 1 unspecified atom stereocenters. The van der Waals surface area contributed by atoms with E-state index in [9.17, 15) is 0 Å². The molecule has 17 heavy (non-hydrogen) atoms. The van der Waals surface area contributed by atoms with Crippen molar-refractivity contribution in [2.75, 3.05) is 6.54 Å². The number of furan rings is 1. The third kappa shape index (κ3) is 2.91. The van der Waals surface area contributed by atoms with Crippen molar-refractivity contribution in [3.05, 3.63) is 47.9 Å². The van der Waals surface area contributed by atoms with Gasteiger partial charge in [0.25, 0.3) is 0 Å². The molecule has 0 aromatic carbocycles. The minimum atomic E-state index is -0.0157. The molecule has 0 aliphatic heterocycles. The van der Waals surface area contributed by atoms with Crippen molar-refractivity contribution in [1.29, 1.82) is 0 Å². The average Bonchev–Trinajstić information content (AvgIpc) is 2.85. The van der Waals surface area contributed by atoms with Crippen LogP contribution in [0.3, 0.4) is 0 Å². The van der Waals surface area contributed by atoms with E-state index in [0.29, 0.717) is 0 Å². The van der Waals surface area contributed by atoms with Crippen LogP contribution in [0, 0.1) is 6.92 Å². The van der Waals surface area contributed by atoms with E-state index in [1.54, 1.807) is 18.7 Å². The highest BCUT2D eigenvalue weighted by atomic mass is 16.3. The van der Waals surface area contributed by atoms with E-state index in [1.807, 2.05) is 19.1 Å². The van der Waals surface area contributed by atoms with Gasteiger partial charge in [-0.1, -0.05) is 6.92 Å². The summed E-state index contributed by atoms with van der Waals surface area (Å²) >= 11 is 0. The Balaban J connectivity index is 2.23. The molecule has 2 rings (SSSR count). The maximum atomic E-state index is 5.45. The summed E-state index contributed by atoms with van der Waals surface area (Å²) < 4.78 is 5.45. The standard InChI is InChI=1S/C13H17N3O/c1-3-6-14-13(12-5-4-7-17-12)11-9-15-10(2)8-16-11/h4-5,7-9,13-14H,3,6H2,1-2H3. The second kappa shape index (κ2) is 5.59. The van der Waals surface area contributed by atoms with Crippen LogP contribution in [0.15, 0.2) is 35.2 Å². The van der Waals surface area contributed by atoms with Crippen LogP contribution in [0.2, 0.25) is 0 Å². The van der Waals surface area contributed by atoms with Gasteiger partial charge in [0.1, 0.15) is 11.8 Å². The van der Waals surface area contributed by atoms with Gasteiger partial charge >= 0.3 is 0 Å². The molecule has 2 aromatic rings. The number of hydrogen-bond donors (Lipinski definition) is 1. The van der Waals surface area contributed by atoms with Crippen LogP contribution in [0.25, 0.3) is 0 Å². The van der Waals surface area contributed by atoms with E-state index in [0.717, 1.165) is 30.1 Å². The van der Waals surface area contributed by atoms with E-state index < -0.39 is 0 Å². The number of aryl methyl sites for hydroxylation is 1. The molecule has 0 radical (unpaired) electrons. The fourth-order valence-corrected chi connectivity index (χ4v) is 1.65. The van der Waals surface area contributed by atoms with E-state index in [-0.39, 0.29) is 6.04 Å². The van der Waals surface area contributed by atoms with Crippen molar-refractivity contribution in [3.63, 3.8) is 0 Å². The van der Waals surface area contributed by atoms with Crippen molar-refractivity contribution in [3.8, 4) is 0 Å². The van der Waals surface area contributed by atoms with Crippen molar-refractivity contribution in [1.82, 2.24) is 15.3 Å². The van der Waals surface area contributed by atoms with Gasteiger partial charge in [-0.3, -0.25) is 9.97 Å². The summed E-state index contributed by atoms with van der Waals surface area (Å²) in [6, 6.07) is 3.82. The number of nitrogens with zero attached hydrogens (tertiary/aromatic N) is 2. The number of rotatable bonds is 5. The lowest BCUT2D eigenvalue weighted by Crippen LogP contribution is -2.23. The molecule has 0 fully saturated rings. The number of hydrogen-bond acceptors (Lipinski definition) is 4. The monoisotopic (exact) mass is 231 g/mol. The second-order valence-electron chi connectivity index (χ2n) is 3.99. The molecule has 0 amide bonds. The zero-order chi connectivity index (χ0) is 12.1. The molecule has 2 aromatic heterocycles. The van der Waals surface area contributed by atoms with Crippen LogP contribution in [0.4, 0.5) is 0 Å². The SMILES string of the molecule is CCCNC(c1cnc(C)cn1)c1ccco1. The lowest BCUT2D eigenvalue weighted by atomic mass is 10.1. The lowest BCUT2D eigenvalue weighted by molar-refractivity contribution is 0.441. The molecule has 1 N–H and O–H groups in total. The topological polar surface area (TPSA) is 51.0 Å². The maximum Gasteiger partial charge on any atom is 0.126 e. The third-order valence-electron chi connectivity index (χ3n) is 2.52. The van der Waals surface area contributed by atoms with Gasteiger partial charge in [0, 0.05) is 6.20 Å². The summed E-state index contributed by atoms with van der Waals surface area (Å²) in [5.41, 5.74) is 1.81. The van der Waals surface area contributed by atoms with Crippen LogP contribution < -0.4 is 5.32 Å². The third-order valence-corrected chi connectivity index (χ3v) is 2.52. The Bertz CT molecular complexity index is 436. The van der Waals surface area contributed by atoms with Gasteiger partial charge < -0.3 is 9.73 Å². The predicted octanol–water partition coefficient (Wildman–Crippen LogP) is 2.47. The fourth-order valence-electron chi connectivity index (χ4n) is 1.65. The Kier molecular flexibility index (Phi) is 3.88. The van der Waals surface area contributed by atoms with Gasteiger partial charge in [0.2, 0.25) is 0 Å². The zero-order valence-electron chi connectivity index (χ0n) is 10.2. The van der Waals surface area contributed by atoms with Crippen LogP contribution in [-0.2, 0) is 0 Å². The largest absolute Gasteiger partial charge is 0.467 e. The van der Waals surface area contributed by atoms with Gasteiger partial charge in [-0.2, -0.15) is 0 Å². The summed E-state index contributed by atoms with van der Waals surface area (Å²) in [6.07, 6.45) is 6.32. The summed E-state index contributed by atoms with van der Waals surface area (Å²) in [6.45, 7) is 4.98. The minimum Gasteiger partial charge on any atom is -0.467 e. The first kappa shape index (κ1) is 11.8. The van der Waals surface area contributed by atoms with Crippen LogP contribution in [-0.4, -0.2) is 16.5 Å². The average molecular weight is 231 g/mol. The maximum absolute atomic E-state index is 5.45. The van der Waals surface area contributed by atoms with Gasteiger partial charge in [0.05, 0.1) is 23.8 Å². The van der Waals surface area contributed by atoms with Gasteiger partial charge in [0.15, 0.2) is 0 Å². The van der Waals surface area contributed by atoms with E-state index in [4.69, 9.17) is 4.42 Å². The number of aromatic nitrogens is 2. The Morgan fingerprint density at radius 1 is 1.35 bits per heavy atom. The highest BCUT2D eigenvalue weighted by Gasteiger charge is 2.17. The highest BCUT2D eigenvalue weighted by molar-refractivity contribution is 5.18. The quantitative estimate of drug-likeness (QED) is 0.858. The molecule has 0 bridgehead atoms. The minimum absolute atomic E-state index is 0.0157. The van der Waals surface area contributed by atoms with Crippen LogP contribution in [0.5, 0.6) is 0 Å². The predicted molar refractivity (Wildman–Crippen MR) is 65.6 cm³/mol. The smallest absolute Gasteiger partial charge is 0.126 e. The zero-order valence-corrected chi connectivity index (χ0v) is 10.2. The first-order valence-electron chi connectivity index (χ1n) is 5.86. The summed E-state index contributed by atoms with van der Waals surface area (Å²) in [5, 5.41) is 3.41. The fraction of sp³-hybridized carbons (Fsp3) is 0.385. The first-order chi connectivity index (χ1) is 8.31. The molecule has 4 nitrogen and oxygen atoms in total. The Hall–Kier alpha value is -1.68. The Morgan fingerprint density at radius 3 is 2.82 bits per heavy atom. The van der Waals surface area contributed by atoms with E-state index in [2.05, 4.69) is 22.2 Å². The van der Waals surface area contributed by atoms with Crippen LogP contribution in [0.1, 0.15) is 36.5 Å². The first-order valence-corrected chi connectivity index (χ1v) is 5.86. The van der Waals surface area contributed by atoms with Crippen molar-refractivity contribution in [2.45, 2.75) is 26.3 Å². The molecule has 90 valence electrons. The van der Waals surface area contributed by atoms with Gasteiger partial charge in [-0.15, -0.1) is 0 Å². The number of nitrogens with one attached hydrogen (secondary N) is 1. The molecule has 0 aliphatic rings. The molecule has 4 heteroatoms. The van der Waals surface area contributed by atoms with Crippen molar-refractivity contribution < 1.29 is 4.42 Å². The summed E-state index contributed by atoms with van der Waals surface area (Å²) in [5.74, 6) is 0.872. The molecule has 2 heterocycles. The Morgan fingerprint density at radius 2 is 2.24 bits per heavy atom. The van der Waals surface area contributed by atoms with Gasteiger partial charge in [-0.25, -0.2) is 0 Å². The molecule has 1 atom stereocenters. The summed E-state index contributed by atoms with van der Waals surface area (Å²) in [7, 11) is 0. The molecule has 0 saturated carbocycles. The molecule has 0 saturated heterocycles. The van der Waals surface area contributed by atoms with Gasteiger partial charge in [-0.05, 0) is 32.0 Å². The summed E-state index contributed by atoms with van der Waals surface area (Å²) in [4.78, 5) is 8.68. The molecule has 0 spiro atoms. The van der Waals surface area contributed by atoms with Crippen LogP contribution >= 0.6 is 0 Å². The van der Waals surface area contributed by atoms with Crippen molar-refractivity contribution in [2.24, 2.45) is 0 Å². The molecular formula is C13H17N3O. The second-order valence-corrected chi connectivity index (χ2v) is 3.99. The van der Waals surface area contributed by atoms with E-state index in [1.165, 1.54) is 0 Å². The molecular weight excluding hydrogens is 214 g/mol. The molecule has 0 aliphatic carbocycles. The van der Waals surface area contributed by atoms with E-state index >= 15 is 0 Å². The Labute approximate surface area is 101 Å².